The van der Waals surface area contributed by atoms with Gasteiger partial charge in [-0.2, -0.15) is 5.10 Å². The van der Waals surface area contributed by atoms with Gasteiger partial charge in [-0.3, -0.25) is 9.48 Å². The Bertz CT molecular complexity index is 1270. The highest BCUT2D eigenvalue weighted by molar-refractivity contribution is 6.00. The Balaban J connectivity index is 1.73. The summed E-state index contributed by atoms with van der Waals surface area (Å²) in [5, 5.41) is 25.6. The predicted octanol–water partition coefficient (Wildman–Crippen LogP) is 2.82. The largest absolute Gasteiger partial charge is 0.496 e. The highest BCUT2D eigenvalue weighted by atomic mass is 16.5. The van der Waals surface area contributed by atoms with Crippen molar-refractivity contribution < 1.29 is 29.2 Å². The highest BCUT2D eigenvalue weighted by Gasteiger charge is 2.29. The van der Waals surface area contributed by atoms with E-state index in [1.54, 1.807) is 26.4 Å². The van der Waals surface area contributed by atoms with Gasteiger partial charge in [-0.25, -0.2) is 4.79 Å². The van der Waals surface area contributed by atoms with E-state index in [9.17, 15) is 19.8 Å². The number of fused-ring (bicyclic) bond motifs is 1. The van der Waals surface area contributed by atoms with Crippen LogP contribution in [0.1, 0.15) is 53.3 Å². The summed E-state index contributed by atoms with van der Waals surface area (Å²) in [6.07, 6.45) is 4.93. The molecule has 35 heavy (non-hydrogen) atoms. The minimum absolute atomic E-state index is 0.00341. The van der Waals surface area contributed by atoms with Crippen LogP contribution in [-0.4, -0.2) is 57.0 Å². The zero-order valence-electron chi connectivity index (χ0n) is 20.4. The number of ether oxygens (including phenoxy) is 3. The molecule has 0 amide bonds. The molecule has 2 unspecified atom stereocenters. The number of carbonyl (C=O) groups is 1. The Morgan fingerprint density at radius 3 is 2.37 bits per heavy atom. The number of aromatic nitrogens is 3. The SMILES string of the molecule is COc1cc(C(O)C(Cn2cc3c(=O)n(C)cc(C(=O)O)c3n2)OC2CCCC2)cc(OC)c1C. The zero-order chi connectivity index (χ0) is 25.3. The second-order valence-corrected chi connectivity index (χ2v) is 8.95. The minimum Gasteiger partial charge on any atom is -0.496 e. The summed E-state index contributed by atoms with van der Waals surface area (Å²) in [5.41, 5.74) is 1.06. The van der Waals surface area contributed by atoms with Crippen molar-refractivity contribution in [1.82, 2.24) is 14.3 Å². The van der Waals surface area contributed by atoms with Gasteiger partial charge in [0.2, 0.25) is 0 Å². The fraction of sp³-hybridized carbons (Fsp3) is 0.480. The molecule has 4 rings (SSSR count). The molecule has 2 atom stereocenters. The number of aliphatic hydroxyl groups is 1. The van der Waals surface area contributed by atoms with Crippen molar-refractivity contribution in [2.75, 3.05) is 14.2 Å². The first kappa shape index (κ1) is 24.7. The number of rotatable bonds is 9. The maximum absolute atomic E-state index is 12.6. The monoisotopic (exact) mass is 485 g/mol. The van der Waals surface area contributed by atoms with Crippen LogP contribution < -0.4 is 15.0 Å². The van der Waals surface area contributed by atoms with Crippen molar-refractivity contribution >= 4 is 16.9 Å². The van der Waals surface area contributed by atoms with Crippen molar-refractivity contribution in [2.45, 2.75) is 57.5 Å². The fourth-order valence-corrected chi connectivity index (χ4v) is 4.70. The van der Waals surface area contributed by atoms with Gasteiger partial charge in [0.1, 0.15) is 34.8 Å². The normalized spacial score (nSPS) is 15.9. The summed E-state index contributed by atoms with van der Waals surface area (Å²) in [4.78, 5) is 24.3. The maximum atomic E-state index is 12.6. The number of benzene rings is 1. The standard InChI is InChI=1S/C25H31N3O7/c1-14-19(33-3)9-15(10-20(14)34-4)23(29)21(35-16-7-5-6-8-16)13-28-12-17-22(26-28)18(25(31)32)11-27(2)24(17)30/h9-12,16,21,23,29H,5-8,13H2,1-4H3,(H,31,32). The smallest absolute Gasteiger partial charge is 0.339 e. The van der Waals surface area contributed by atoms with Gasteiger partial charge in [0, 0.05) is 25.0 Å². The lowest BCUT2D eigenvalue weighted by Gasteiger charge is -2.27. The van der Waals surface area contributed by atoms with Crippen LogP contribution in [0.4, 0.5) is 0 Å². The molecular formula is C25H31N3O7. The van der Waals surface area contributed by atoms with Gasteiger partial charge in [0.05, 0.1) is 32.3 Å². The van der Waals surface area contributed by atoms with Gasteiger partial charge in [-0.05, 0) is 37.5 Å². The van der Waals surface area contributed by atoms with E-state index in [1.165, 1.54) is 28.7 Å². The Morgan fingerprint density at radius 2 is 1.80 bits per heavy atom. The van der Waals surface area contributed by atoms with E-state index in [1.807, 2.05) is 6.92 Å². The molecule has 0 spiro atoms. The summed E-state index contributed by atoms with van der Waals surface area (Å²) in [6, 6.07) is 3.51. The number of aromatic carboxylic acids is 1. The zero-order valence-corrected chi connectivity index (χ0v) is 20.4. The van der Waals surface area contributed by atoms with Crippen LogP contribution >= 0.6 is 0 Å². The van der Waals surface area contributed by atoms with Gasteiger partial charge in [-0.15, -0.1) is 0 Å². The third kappa shape index (κ3) is 4.89. The third-order valence-electron chi connectivity index (χ3n) is 6.63. The molecule has 10 nitrogen and oxygen atoms in total. The minimum atomic E-state index is -1.17. The van der Waals surface area contributed by atoms with E-state index >= 15 is 0 Å². The molecule has 188 valence electrons. The van der Waals surface area contributed by atoms with Crippen LogP contribution in [-0.2, 0) is 18.3 Å². The molecule has 2 aromatic heterocycles. The summed E-state index contributed by atoms with van der Waals surface area (Å²) >= 11 is 0. The first-order chi connectivity index (χ1) is 16.7. The predicted molar refractivity (Wildman–Crippen MR) is 128 cm³/mol. The Kier molecular flexibility index (Phi) is 7.13. The van der Waals surface area contributed by atoms with E-state index in [-0.39, 0.29) is 34.7 Å². The molecule has 0 bridgehead atoms. The molecule has 0 aliphatic heterocycles. The number of hydrogen-bond donors (Lipinski definition) is 2. The second kappa shape index (κ2) is 10.1. The number of nitrogens with zero attached hydrogens (tertiary/aromatic N) is 3. The van der Waals surface area contributed by atoms with Crippen LogP contribution in [0.15, 0.2) is 29.3 Å². The molecule has 1 fully saturated rings. The van der Waals surface area contributed by atoms with E-state index in [0.717, 1.165) is 31.2 Å². The molecule has 2 heterocycles. The van der Waals surface area contributed by atoms with E-state index in [0.29, 0.717) is 17.1 Å². The van der Waals surface area contributed by atoms with E-state index in [4.69, 9.17) is 14.2 Å². The molecule has 1 aromatic carbocycles. The quantitative estimate of drug-likeness (QED) is 0.474. The maximum Gasteiger partial charge on any atom is 0.339 e. The van der Waals surface area contributed by atoms with Gasteiger partial charge < -0.3 is 29.0 Å². The molecule has 1 saturated carbocycles. The number of aliphatic hydroxyl groups excluding tert-OH is 1. The van der Waals surface area contributed by atoms with Crippen LogP contribution in [0.2, 0.25) is 0 Å². The second-order valence-electron chi connectivity index (χ2n) is 8.95. The molecule has 0 radical (unpaired) electrons. The summed E-state index contributed by atoms with van der Waals surface area (Å²) in [5.74, 6) is -0.0108. The summed E-state index contributed by atoms with van der Waals surface area (Å²) in [7, 11) is 4.61. The van der Waals surface area contributed by atoms with Crippen LogP contribution in [0.3, 0.4) is 0 Å². The molecule has 3 aromatic rings. The number of pyridine rings is 1. The van der Waals surface area contributed by atoms with Crippen molar-refractivity contribution in [1.29, 1.82) is 0 Å². The number of methoxy groups -OCH3 is 2. The topological polar surface area (TPSA) is 125 Å². The first-order valence-corrected chi connectivity index (χ1v) is 11.6. The summed E-state index contributed by atoms with van der Waals surface area (Å²) < 4.78 is 20.0. The van der Waals surface area contributed by atoms with Crippen LogP contribution in [0.5, 0.6) is 11.5 Å². The lowest BCUT2D eigenvalue weighted by Crippen LogP contribution is -2.31. The molecule has 10 heteroatoms. The molecule has 1 aliphatic carbocycles. The van der Waals surface area contributed by atoms with Crippen LogP contribution in [0, 0.1) is 6.92 Å². The van der Waals surface area contributed by atoms with Gasteiger partial charge in [-0.1, -0.05) is 12.8 Å². The molecule has 1 aliphatic rings. The Labute approximate surface area is 202 Å². The first-order valence-electron chi connectivity index (χ1n) is 11.6. The van der Waals surface area contributed by atoms with Crippen molar-refractivity contribution in [3.63, 3.8) is 0 Å². The van der Waals surface area contributed by atoms with Gasteiger partial charge >= 0.3 is 5.97 Å². The Morgan fingerprint density at radius 1 is 1.17 bits per heavy atom. The van der Waals surface area contributed by atoms with E-state index < -0.39 is 18.2 Å². The fourth-order valence-electron chi connectivity index (χ4n) is 4.70. The number of carboxylic acid groups (broad SMARTS) is 1. The number of hydrogen-bond acceptors (Lipinski definition) is 7. The van der Waals surface area contributed by atoms with Gasteiger partial charge in [0.25, 0.3) is 5.56 Å². The average molecular weight is 486 g/mol. The highest BCUT2D eigenvalue weighted by Crippen LogP contribution is 2.35. The summed E-state index contributed by atoms with van der Waals surface area (Å²) in [6.45, 7) is 1.99. The number of carboxylic acids is 1. The number of aryl methyl sites for hydroxylation is 1. The molecule has 0 saturated heterocycles. The lowest BCUT2D eigenvalue weighted by atomic mass is 10.0. The average Bonchev–Trinajstić information content (AvgIpc) is 3.50. The van der Waals surface area contributed by atoms with Crippen molar-refractivity contribution in [3.8, 4) is 11.5 Å². The molecular weight excluding hydrogens is 454 g/mol. The van der Waals surface area contributed by atoms with Crippen LogP contribution in [0.25, 0.3) is 10.9 Å². The van der Waals surface area contributed by atoms with Gasteiger partial charge in [0.15, 0.2) is 0 Å². The Hall–Kier alpha value is -3.37. The van der Waals surface area contributed by atoms with Crippen molar-refractivity contribution in [3.05, 3.63) is 51.6 Å². The third-order valence-corrected chi connectivity index (χ3v) is 6.63. The lowest BCUT2D eigenvalue weighted by molar-refractivity contribution is -0.0845. The van der Waals surface area contributed by atoms with Crippen molar-refractivity contribution in [2.24, 2.45) is 7.05 Å². The molecule has 2 N–H and O–H groups in total. The van der Waals surface area contributed by atoms with E-state index in [2.05, 4.69) is 5.10 Å².